The van der Waals surface area contributed by atoms with Gasteiger partial charge in [-0.25, -0.2) is 4.98 Å². The molecule has 1 fully saturated rings. The first-order valence-corrected chi connectivity index (χ1v) is 10.8. The number of thiazole rings is 1. The maximum Gasteiger partial charge on any atom is 0.227 e. The number of hydrogen-bond acceptors (Lipinski definition) is 6. The van der Waals surface area contributed by atoms with Gasteiger partial charge in [-0.2, -0.15) is 0 Å². The van der Waals surface area contributed by atoms with Crippen molar-refractivity contribution in [3.8, 4) is 5.75 Å². The van der Waals surface area contributed by atoms with Gasteiger partial charge < -0.3 is 19.9 Å². The largest absolute Gasteiger partial charge is 0.497 e. The molecule has 2 amide bonds. The molecule has 154 valence electrons. The van der Waals surface area contributed by atoms with Crippen LogP contribution in [0, 0.1) is 5.92 Å². The average molecular weight is 415 g/mol. The number of amides is 2. The first kappa shape index (κ1) is 19.7. The number of hydrogen-bond donors (Lipinski definition) is 1. The number of aromatic nitrogens is 1. The molecule has 0 unspecified atom stereocenters. The van der Waals surface area contributed by atoms with Gasteiger partial charge >= 0.3 is 0 Å². The maximum absolute atomic E-state index is 12.8. The summed E-state index contributed by atoms with van der Waals surface area (Å²) >= 11 is 1.70. The van der Waals surface area contributed by atoms with E-state index in [9.17, 15) is 9.59 Å². The molecule has 2 aliphatic rings. The highest BCUT2D eigenvalue weighted by Gasteiger charge is 2.29. The van der Waals surface area contributed by atoms with Crippen LogP contribution < -0.4 is 15.0 Å². The van der Waals surface area contributed by atoms with Crippen LogP contribution in [0.2, 0.25) is 0 Å². The molecule has 2 aromatic rings. The van der Waals surface area contributed by atoms with Crippen LogP contribution in [-0.2, 0) is 22.4 Å². The lowest BCUT2D eigenvalue weighted by Gasteiger charge is -2.33. The first-order valence-electron chi connectivity index (χ1n) is 9.97. The Morgan fingerprint density at radius 2 is 2.03 bits per heavy atom. The van der Waals surface area contributed by atoms with Crippen LogP contribution in [0.5, 0.6) is 5.75 Å². The van der Waals surface area contributed by atoms with Crippen LogP contribution in [0.4, 0.5) is 10.8 Å². The minimum atomic E-state index is -0.0449. The van der Waals surface area contributed by atoms with Gasteiger partial charge in [0.25, 0.3) is 0 Å². The van der Waals surface area contributed by atoms with E-state index in [2.05, 4.69) is 10.2 Å². The fourth-order valence-corrected chi connectivity index (χ4v) is 5.12. The van der Waals surface area contributed by atoms with Crippen molar-refractivity contribution in [2.45, 2.75) is 26.2 Å². The summed E-state index contributed by atoms with van der Waals surface area (Å²) in [6.07, 6.45) is 2.37. The number of piperazine rings is 1. The minimum Gasteiger partial charge on any atom is -0.497 e. The van der Waals surface area contributed by atoms with E-state index in [1.165, 1.54) is 4.88 Å². The summed E-state index contributed by atoms with van der Waals surface area (Å²) in [5.74, 6) is 0.865. The molecule has 1 N–H and O–H groups in total. The molecule has 29 heavy (non-hydrogen) atoms. The number of ether oxygens (including phenoxy) is 1. The second kappa shape index (κ2) is 8.41. The van der Waals surface area contributed by atoms with Crippen molar-refractivity contribution < 1.29 is 14.3 Å². The number of carbonyl (C=O) groups excluding carboxylic acids is 2. The summed E-state index contributed by atoms with van der Waals surface area (Å²) in [6, 6.07) is 7.43. The Kier molecular flexibility index (Phi) is 5.71. The van der Waals surface area contributed by atoms with Crippen LogP contribution >= 0.6 is 11.3 Å². The van der Waals surface area contributed by atoms with Gasteiger partial charge in [-0.1, -0.05) is 6.07 Å². The Morgan fingerprint density at radius 3 is 2.76 bits per heavy atom. The Hall–Kier alpha value is -2.61. The van der Waals surface area contributed by atoms with Crippen molar-refractivity contribution in [1.29, 1.82) is 0 Å². The number of methoxy groups -OCH3 is 1. The summed E-state index contributed by atoms with van der Waals surface area (Å²) in [5.41, 5.74) is 1.89. The van der Waals surface area contributed by atoms with Gasteiger partial charge in [0.1, 0.15) is 5.75 Å². The molecular formula is C21H26N4O3S. The SMILES string of the molecule is COc1cccc(NC(=O)[C@@H]2CCc3nc(N4CCN(C(C)=O)CC4)sc3C2)c1. The van der Waals surface area contributed by atoms with E-state index >= 15 is 0 Å². The molecule has 4 rings (SSSR count). The molecule has 0 spiro atoms. The highest BCUT2D eigenvalue weighted by atomic mass is 32.1. The molecule has 7 nitrogen and oxygen atoms in total. The average Bonchev–Trinajstić information content (AvgIpc) is 3.17. The van der Waals surface area contributed by atoms with E-state index < -0.39 is 0 Å². The monoisotopic (exact) mass is 414 g/mol. The lowest BCUT2D eigenvalue weighted by Crippen LogP contribution is -2.48. The molecule has 0 radical (unpaired) electrons. The van der Waals surface area contributed by atoms with Gasteiger partial charge in [0, 0.05) is 55.7 Å². The van der Waals surface area contributed by atoms with Crippen LogP contribution in [0.1, 0.15) is 23.9 Å². The van der Waals surface area contributed by atoms with E-state index in [-0.39, 0.29) is 17.7 Å². The van der Waals surface area contributed by atoms with Gasteiger partial charge in [0.2, 0.25) is 11.8 Å². The summed E-state index contributed by atoms with van der Waals surface area (Å²) in [6.45, 7) is 4.72. The number of anilines is 2. The van der Waals surface area contributed by atoms with Crippen LogP contribution in [0.15, 0.2) is 24.3 Å². The van der Waals surface area contributed by atoms with E-state index in [4.69, 9.17) is 9.72 Å². The van der Waals surface area contributed by atoms with Crippen LogP contribution in [0.3, 0.4) is 0 Å². The van der Waals surface area contributed by atoms with Crippen LogP contribution in [0.25, 0.3) is 0 Å². The van der Waals surface area contributed by atoms with Crippen LogP contribution in [-0.4, -0.2) is 55.0 Å². The summed E-state index contributed by atoms with van der Waals surface area (Å²) < 4.78 is 5.22. The molecule has 1 saturated heterocycles. The number of nitrogens with zero attached hydrogens (tertiary/aromatic N) is 3. The van der Waals surface area contributed by atoms with Gasteiger partial charge in [0.15, 0.2) is 5.13 Å². The number of nitrogens with one attached hydrogen (secondary N) is 1. The normalized spacial score (nSPS) is 18.9. The predicted octanol–water partition coefficient (Wildman–Crippen LogP) is 2.56. The zero-order valence-electron chi connectivity index (χ0n) is 16.8. The number of fused-ring (bicyclic) bond motifs is 1. The molecule has 1 atom stereocenters. The molecule has 0 bridgehead atoms. The highest BCUT2D eigenvalue weighted by molar-refractivity contribution is 7.15. The van der Waals surface area contributed by atoms with Crippen molar-refractivity contribution in [2.24, 2.45) is 5.92 Å². The fraction of sp³-hybridized carbons (Fsp3) is 0.476. The molecule has 2 heterocycles. The highest BCUT2D eigenvalue weighted by Crippen LogP contribution is 2.35. The molecule has 1 aliphatic carbocycles. The molecule has 1 aliphatic heterocycles. The number of benzene rings is 1. The second-order valence-corrected chi connectivity index (χ2v) is 8.58. The Labute approximate surface area is 174 Å². The Morgan fingerprint density at radius 1 is 1.24 bits per heavy atom. The van der Waals surface area contributed by atoms with Crippen molar-refractivity contribution >= 4 is 34.0 Å². The third kappa shape index (κ3) is 4.37. The third-order valence-corrected chi connectivity index (χ3v) is 6.81. The summed E-state index contributed by atoms with van der Waals surface area (Å²) in [4.78, 5) is 34.5. The molecule has 1 aromatic carbocycles. The second-order valence-electron chi connectivity index (χ2n) is 7.52. The van der Waals surface area contributed by atoms with E-state index in [0.29, 0.717) is 0 Å². The van der Waals surface area contributed by atoms with Crippen molar-refractivity contribution in [2.75, 3.05) is 43.5 Å². The lowest BCUT2D eigenvalue weighted by molar-refractivity contribution is -0.129. The zero-order valence-corrected chi connectivity index (χ0v) is 17.6. The van der Waals surface area contributed by atoms with Gasteiger partial charge in [-0.05, 0) is 31.4 Å². The predicted molar refractivity (Wildman–Crippen MR) is 114 cm³/mol. The number of rotatable bonds is 4. The number of carbonyl (C=O) groups is 2. The van der Waals surface area contributed by atoms with Gasteiger partial charge in [-0.3, -0.25) is 9.59 Å². The quantitative estimate of drug-likeness (QED) is 0.832. The molecule has 1 aromatic heterocycles. The van der Waals surface area contributed by atoms with Crippen molar-refractivity contribution in [3.63, 3.8) is 0 Å². The molecule has 8 heteroatoms. The van der Waals surface area contributed by atoms with Gasteiger partial charge in [-0.15, -0.1) is 11.3 Å². The standard InChI is InChI=1S/C21H26N4O3S/c1-14(26)24-8-10-25(11-9-24)21-23-18-7-6-15(12-19(18)29-21)20(27)22-16-4-3-5-17(13-16)28-2/h3-5,13,15H,6-12H2,1-2H3,(H,22,27)/t15-/m1/s1. The van der Waals surface area contributed by atoms with E-state index in [1.807, 2.05) is 29.2 Å². The van der Waals surface area contributed by atoms with E-state index in [0.717, 1.165) is 67.7 Å². The first-order chi connectivity index (χ1) is 14.0. The lowest BCUT2D eigenvalue weighted by atomic mass is 9.90. The minimum absolute atomic E-state index is 0.0449. The summed E-state index contributed by atoms with van der Waals surface area (Å²) in [5, 5.41) is 4.04. The fourth-order valence-electron chi connectivity index (χ4n) is 3.88. The zero-order chi connectivity index (χ0) is 20.4. The van der Waals surface area contributed by atoms with Crippen molar-refractivity contribution in [3.05, 3.63) is 34.8 Å². The number of aryl methyl sites for hydroxylation is 1. The smallest absolute Gasteiger partial charge is 0.227 e. The molecular weight excluding hydrogens is 388 g/mol. The topological polar surface area (TPSA) is 74.8 Å². The Balaban J connectivity index is 1.38. The van der Waals surface area contributed by atoms with Crippen molar-refractivity contribution in [1.82, 2.24) is 9.88 Å². The molecule has 0 saturated carbocycles. The third-order valence-electron chi connectivity index (χ3n) is 5.63. The Bertz CT molecular complexity index is 905. The van der Waals surface area contributed by atoms with Gasteiger partial charge in [0.05, 0.1) is 12.8 Å². The summed E-state index contributed by atoms with van der Waals surface area (Å²) in [7, 11) is 1.62. The maximum atomic E-state index is 12.8. The van der Waals surface area contributed by atoms with E-state index in [1.54, 1.807) is 25.4 Å².